The first-order valence-electron chi connectivity index (χ1n) is 10.5. The highest BCUT2D eigenvalue weighted by molar-refractivity contribution is 6.42. The Balaban J connectivity index is 1.28. The van der Waals surface area contributed by atoms with E-state index < -0.39 is 6.04 Å². The van der Waals surface area contributed by atoms with Crippen LogP contribution in [0.1, 0.15) is 42.1 Å². The van der Waals surface area contributed by atoms with E-state index in [1.165, 1.54) is 6.07 Å². The highest BCUT2D eigenvalue weighted by Gasteiger charge is 2.35. The van der Waals surface area contributed by atoms with Gasteiger partial charge in [0.25, 0.3) is 5.91 Å². The summed E-state index contributed by atoms with van der Waals surface area (Å²) in [6.07, 6.45) is 3.54. The number of hydrogen-bond donors (Lipinski definition) is 1. The van der Waals surface area contributed by atoms with Crippen LogP contribution in [0.5, 0.6) is 0 Å². The third-order valence-electron chi connectivity index (χ3n) is 5.78. The van der Waals surface area contributed by atoms with Crippen molar-refractivity contribution in [3.63, 3.8) is 0 Å². The summed E-state index contributed by atoms with van der Waals surface area (Å²) in [5, 5.41) is 15.6. The molecule has 1 saturated carbocycles. The molecule has 2 aliphatic rings. The van der Waals surface area contributed by atoms with Gasteiger partial charge < -0.3 is 10.2 Å². The van der Waals surface area contributed by atoms with Crippen molar-refractivity contribution in [2.45, 2.75) is 37.8 Å². The van der Waals surface area contributed by atoms with Crippen LogP contribution < -0.4 is 5.32 Å². The Bertz CT molecular complexity index is 1180. The second kappa shape index (κ2) is 8.52. The molecule has 5 rings (SSSR count). The van der Waals surface area contributed by atoms with Gasteiger partial charge in [-0.05, 0) is 78.6 Å². The van der Waals surface area contributed by atoms with Gasteiger partial charge in [0, 0.05) is 23.4 Å². The number of carbonyl (C=O) groups excluding carboxylic acids is 2. The van der Waals surface area contributed by atoms with Crippen LogP contribution in [-0.4, -0.2) is 49.5 Å². The lowest BCUT2D eigenvalue weighted by Crippen LogP contribution is -2.43. The molecular weight excluding hydrogens is 451 g/mol. The van der Waals surface area contributed by atoms with Crippen molar-refractivity contribution in [1.82, 2.24) is 25.1 Å². The predicted molar refractivity (Wildman–Crippen MR) is 121 cm³/mol. The highest BCUT2D eigenvalue weighted by atomic mass is 35.5. The number of carbonyl (C=O) groups is 2. The zero-order chi connectivity index (χ0) is 22.2. The van der Waals surface area contributed by atoms with Crippen LogP contribution in [0, 0.1) is 0 Å². The molecule has 2 fully saturated rings. The average molecular weight is 471 g/mol. The molecule has 164 valence electrons. The molecule has 1 saturated heterocycles. The SMILES string of the molecule is O=C(Nc1ccc(-c2nnnn2C2CC2)cc1)[C@H]1CCCN1C(=O)c1ccc(Cl)c(Cl)c1. The molecule has 1 aliphatic carbocycles. The fourth-order valence-corrected chi connectivity index (χ4v) is 4.25. The lowest BCUT2D eigenvalue weighted by molar-refractivity contribution is -0.119. The molecule has 2 aromatic carbocycles. The number of rotatable bonds is 5. The van der Waals surface area contributed by atoms with E-state index >= 15 is 0 Å². The van der Waals surface area contributed by atoms with Gasteiger partial charge in [-0.25, -0.2) is 4.68 Å². The standard InChI is InChI=1S/C22H20Cl2N6O2/c23-17-10-5-14(12-18(17)24)22(32)29-11-1-2-19(29)21(31)25-15-6-3-13(4-7-15)20-26-27-28-30(20)16-8-9-16/h3-7,10,12,16,19H,1-2,8-9,11H2,(H,25,31)/t19-/m1/s1. The van der Waals surface area contributed by atoms with Crippen LogP contribution in [-0.2, 0) is 4.79 Å². The van der Waals surface area contributed by atoms with Crippen molar-refractivity contribution in [2.24, 2.45) is 0 Å². The summed E-state index contributed by atoms with van der Waals surface area (Å²) in [5.74, 6) is 0.273. The zero-order valence-electron chi connectivity index (χ0n) is 17.0. The largest absolute Gasteiger partial charge is 0.327 e. The van der Waals surface area contributed by atoms with E-state index in [4.69, 9.17) is 23.2 Å². The maximum absolute atomic E-state index is 13.0. The lowest BCUT2D eigenvalue weighted by Gasteiger charge is -2.24. The van der Waals surface area contributed by atoms with Gasteiger partial charge in [-0.1, -0.05) is 23.2 Å². The van der Waals surface area contributed by atoms with Gasteiger partial charge in [-0.15, -0.1) is 5.10 Å². The molecule has 3 aromatic rings. The van der Waals surface area contributed by atoms with E-state index in [2.05, 4.69) is 20.8 Å². The monoisotopic (exact) mass is 470 g/mol. The van der Waals surface area contributed by atoms with Gasteiger partial charge in [-0.2, -0.15) is 0 Å². The lowest BCUT2D eigenvalue weighted by atomic mass is 10.1. The summed E-state index contributed by atoms with van der Waals surface area (Å²) < 4.78 is 1.85. The van der Waals surface area contributed by atoms with E-state index in [0.717, 1.165) is 30.7 Å². The molecule has 2 heterocycles. The molecular formula is C22H20Cl2N6O2. The Kier molecular flexibility index (Phi) is 5.57. The molecule has 8 nitrogen and oxygen atoms in total. The maximum Gasteiger partial charge on any atom is 0.254 e. The number of halogens is 2. The molecule has 1 aromatic heterocycles. The van der Waals surface area contributed by atoms with Gasteiger partial charge in [-0.3, -0.25) is 9.59 Å². The summed E-state index contributed by atoms with van der Waals surface area (Å²) in [7, 11) is 0. The number of amides is 2. The fraction of sp³-hybridized carbons (Fsp3) is 0.318. The summed E-state index contributed by atoms with van der Waals surface area (Å²) in [5.41, 5.74) is 1.95. The predicted octanol–water partition coefficient (Wildman–Crippen LogP) is 4.23. The van der Waals surface area contributed by atoms with E-state index in [1.807, 2.05) is 28.9 Å². The Morgan fingerprint density at radius 3 is 2.50 bits per heavy atom. The van der Waals surface area contributed by atoms with Crippen LogP contribution in [0.15, 0.2) is 42.5 Å². The molecule has 0 radical (unpaired) electrons. The number of anilines is 1. The number of aromatic nitrogens is 4. The van der Waals surface area contributed by atoms with Crippen molar-refractivity contribution in [3.05, 3.63) is 58.1 Å². The first kappa shape index (κ1) is 20.9. The quantitative estimate of drug-likeness (QED) is 0.602. The van der Waals surface area contributed by atoms with E-state index in [0.29, 0.717) is 40.3 Å². The van der Waals surface area contributed by atoms with Crippen LogP contribution >= 0.6 is 23.2 Å². The number of tetrazole rings is 1. The number of hydrogen-bond acceptors (Lipinski definition) is 5. The second-order valence-corrected chi connectivity index (χ2v) is 8.84. The van der Waals surface area contributed by atoms with E-state index in [1.54, 1.807) is 17.0 Å². The summed E-state index contributed by atoms with van der Waals surface area (Å²) in [6, 6.07) is 12.0. The summed E-state index contributed by atoms with van der Waals surface area (Å²) in [6.45, 7) is 0.514. The number of nitrogens with zero attached hydrogens (tertiary/aromatic N) is 5. The second-order valence-electron chi connectivity index (χ2n) is 8.03. The van der Waals surface area contributed by atoms with Crippen molar-refractivity contribution < 1.29 is 9.59 Å². The topological polar surface area (TPSA) is 93.0 Å². The van der Waals surface area contributed by atoms with Crippen LogP contribution in [0.4, 0.5) is 5.69 Å². The van der Waals surface area contributed by atoms with Gasteiger partial charge in [0.1, 0.15) is 6.04 Å². The van der Waals surface area contributed by atoms with Crippen LogP contribution in [0.2, 0.25) is 10.0 Å². The molecule has 1 N–H and O–H groups in total. The maximum atomic E-state index is 13.0. The average Bonchev–Trinajstić information content (AvgIpc) is 3.32. The molecule has 0 unspecified atom stereocenters. The minimum Gasteiger partial charge on any atom is -0.327 e. The van der Waals surface area contributed by atoms with Gasteiger partial charge >= 0.3 is 0 Å². The third-order valence-corrected chi connectivity index (χ3v) is 6.52. The van der Waals surface area contributed by atoms with Gasteiger partial charge in [0.05, 0.1) is 16.1 Å². The number of nitrogens with one attached hydrogen (secondary N) is 1. The first-order chi connectivity index (χ1) is 15.5. The highest BCUT2D eigenvalue weighted by Crippen LogP contribution is 2.36. The normalized spacial score (nSPS) is 18.1. The van der Waals surface area contributed by atoms with Crippen LogP contribution in [0.3, 0.4) is 0 Å². The van der Waals surface area contributed by atoms with Gasteiger partial charge in [0.15, 0.2) is 5.82 Å². The van der Waals surface area contributed by atoms with Crippen LogP contribution in [0.25, 0.3) is 11.4 Å². The van der Waals surface area contributed by atoms with E-state index in [9.17, 15) is 9.59 Å². The molecule has 32 heavy (non-hydrogen) atoms. The Morgan fingerprint density at radius 2 is 1.78 bits per heavy atom. The molecule has 0 spiro atoms. The van der Waals surface area contributed by atoms with Crippen molar-refractivity contribution in [1.29, 1.82) is 0 Å². The minimum absolute atomic E-state index is 0.216. The summed E-state index contributed by atoms with van der Waals surface area (Å²) >= 11 is 12.0. The van der Waals surface area contributed by atoms with Crippen molar-refractivity contribution in [2.75, 3.05) is 11.9 Å². The first-order valence-corrected chi connectivity index (χ1v) is 11.2. The molecule has 1 aliphatic heterocycles. The molecule has 0 bridgehead atoms. The third kappa shape index (κ3) is 4.08. The minimum atomic E-state index is -0.543. The van der Waals surface area contributed by atoms with Crippen molar-refractivity contribution >= 4 is 40.7 Å². The zero-order valence-corrected chi connectivity index (χ0v) is 18.6. The van der Waals surface area contributed by atoms with E-state index in [-0.39, 0.29) is 11.8 Å². The van der Waals surface area contributed by atoms with Gasteiger partial charge in [0.2, 0.25) is 5.91 Å². The fourth-order valence-electron chi connectivity index (χ4n) is 3.95. The Labute approximate surface area is 194 Å². The Morgan fingerprint density at radius 1 is 1.00 bits per heavy atom. The molecule has 2 amide bonds. The molecule has 1 atom stereocenters. The van der Waals surface area contributed by atoms with Crippen molar-refractivity contribution in [3.8, 4) is 11.4 Å². The number of likely N-dealkylation sites (tertiary alicyclic amines) is 1. The molecule has 10 heteroatoms. The Hall–Kier alpha value is -2.97. The smallest absolute Gasteiger partial charge is 0.254 e. The summed E-state index contributed by atoms with van der Waals surface area (Å²) in [4.78, 5) is 27.5. The number of benzene rings is 2.